The number of H-pyrrole nitrogens is 1. The molecule has 0 aliphatic heterocycles. The minimum atomic E-state index is -1.70. The summed E-state index contributed by atoms with van der Waals surface area (Å²) in [5.74, 6) is -1.51. The highest BCUT2D eigenvalue weighted by Gasteiger charge is 2.27. The van der Waals surface area contributed by atoms with Crippen molar-refractivity contribution in [3.63, 3.8) is 0 Å². The molecule has 0 aromatic carbocycles. The van der Waals surface area contributed by atoms with E-state index in [1.165, 1.54) is 6.07 Å². The van der Waals surface area contributed by atoms with Gasteiger partial charge in [0.1, 0.15) is 12.1 Å². The lowest BCUT2D eigenvalue weighted by Gasteiger charge is -2.25. The van der Waals surface area contributed by atoms with Gasteiger partial charge in [0.15, 0.2) is 6.10 Å². The maximum absolute atomic E-state index is 12.6. The summed E-state index contributed by atoms with van der Waals surface area (Å²) < 4.78 is 9.92. The SMILES string of the molecule is CCOC(=O)CN(CCNC(=O)OC(C)(C)C)C(=O)C(O)c1ccc(=O)[nH]n1. The topological polar surface area (TPSA) is 151 Å². The Morgan fingerprint density at radius 2 is 2.00 bits per heavy atom. The van der Waals surface area contributed by atoms with Gasteiger partial charge in [-0.05, 0) is 33.8 Å². The van der Waals surface area contributed by atoms with Gasteiger partial charge in [-0.15, -0.1) is 0 Å². The number of esters is 1. The molecule has 0 bridgehead atoms. The highest BCUT2D eigenvalue weighted by atomic mass is 16.6. The van der Waals surface area contributed by atoms with Crippen molar-refractivity contribution in [2.75, 3.05) is 26.2 Å². The van der Waals surface area contributed by atoms with E-state index in [1.54, 1.807) is 27.7 Å². The molecule has 1 heterocycles. The lowest BCUT2D eigenvalue weighted by atomic mass is 10.2. The van der Waals surface area contributed by atoms with E-state index in [0.29, 0.717) is 0 Å². The first-order valence-electron chi connectivity index (χ1n) is 8.68. The van der Waals surface area contributed by atoms with Crippen molar-refractivity contribution in [2.24, 2.45) is 0 Å². The summed E-state index contributed by atoms with van der Waals surface area (Å²) in [6.45, 7) is 6.32. The molecule has 0 aliphatic carbocycles. The minimum Gasteiger partial charge on any atom is -0.465 e. The van der Waals surface area contributed by atoms with Crippen LogP contribution in [0.15, 0.2) is 16.9 Å². The van der Waals surface area contributed by atoms with Crippen molar-refractivity contribution in [3.8, 4) is 0 Å². The lowest BCUT2D eigenvalue weighted by Crippen LogP contribution is -2.44. The van der Waals surface area contributed by atoms with Crippen LogP contribution < -0.4 is 10.9 Å². The highest BCUT2D eigenvalue weighted by Crippen LogP contribution is 2.12. The van der Waals surface area contributed by atoms with Crippen molar-refractivity contribution in [2.45, 2.75) is 39.4 Å². The van der Waals surface area contributed by atoms with Crippen LogP contribution in [0.2, 0.25) is 0 Å². The first-order chi connectivity index (χ1) is 13.0. The number of ether oxygens (including phenoxy) is 2. The van der Waals surface area contributed by atoms with Crippen LogP contribution in [0.25, 0.3) is 0 Å². The normalized spacial score (nSPS) is 12.0. The molecule has 1 aromatic heterocycles. The quantitative estimate of drug-likeness (QED) is 0.506. The third-order valence-electron chi connectivity index (χ3n) is 3.20. The number of nitrogens with one attached hydrogen (secondary N) is 2. The maximum Gasteiger partial charge on any atom is 0.407 e. The van der Waals surface area contributed by atoms with Crippen LogP contribution in [0.3, 0.4) is 0 Å². The van der Waals surface area contributed by atoms with Crippen molar-refractivity contribution in [3.05, 3.63) is 28.2 Å². The van der Waals surface area contributed by atoms with E-state index < -0.39 is 41.8 Å². The van der Waals surface area contributed by atoms with Crippen LogP contribution in [-0.2, 0) is 19.1 Å². The predicted octanol–water partition coefficient (Wildman–Crippen LogP) is -0.280. The first kappa shape index (κ1) is 23.1. The summed E-state index contributed by atoms with van der Waals surface area (Å²) in [5, 5.41) is 18.4. The van der Waals surface area contributed by atoms with Gasteiger partial charge >= 0.3 is 12.1 Å². The average Bonchev–Trinajstić information content (AvgIpc) is 2.59. The number of carbonyl (C=O) groups excluding carboxylic acids is 3. The summed E-state index contributed by atoms with van der Waals surface area (Å²) in [6.07, 6.45) is -2.38. The molecule has 11 nitrogen and oxygen atoms in total. The number of alkyl carbamates (subject to hydrolysis) is 1. The Hall–Kier alpha value is -2.95. The van der Waals surface area contributed by atoms with Crippen molar-refractivity contribution in [1.82, 2.24) is 20.4 Å². The third-order valence-corrected chi connectivity index (χ3v) is 3.20. The summed E-state index contributed by atoms with van der Waals surface area (Å²) in [7, 11) is 0. The average molecular weight is 398 g/mol. The molecule has 156 valence electrons. The van der Waals surface area contributed by atoms with Gasteiger partial charge in [0.2, 0.25) is 0 Å². The van der Waals surface area contributed by atoms with Gasteiger partial charge < -0.3 is 24.8 Å². The van der Waals surface area contributed by atoms with Gasteiger partial charge in [-0.1, -0.05) is 0 Å². The van der Waals surface area contributed by atoms with E-state index in [-0.39, 0.29) is 25.4 Å². The molecular formula is C17H26N4O7. The second-order valence-electron chi connectivity index (χ2n) is 6.74. The number of hydrogen-bond acceptors (Lipinski definition) is 8. The lowest BCUT2D eigenvalue weighted by molar-refractivity contribution is -0.152. The van der Waals surface area contributed by atoms with Crippen LogP contribution in [0, 0.1) is 0 Å². The van der Waals surface area contributed by atoms with Gasteiger partial charge in [-0.25, -0.2) is 9.89 Å². The molecule has 3 N–H and O–H groups in total. The van der Waals surface area contributed by atoms with E-state index in [4.69, 9.17) is 9.47 Å². The molecule has 0 saturated carbocycles. The molecule has 0 aliphatic rings. The minimum absolute atomic E-state index is 0.0220. The van der Waals surface area contributed by atoms with Crippen LogP contribution in [-0.4, -0.2) is 70.0 Å². The number of rotatable bonds is 8. The molecule has 11 heteroatoms. The molecule has 1 unspecified atom stereocenters. The predicted molar refractivity (Wildman–Crippen MR) is 97.3 cm³/mol. The van der Waals surface area contributed by atoms with Crippen LogP contribution in [0.1, 0.15) is 39.5 Å². The summed E-state index contributed by atoms with van der Waals surface area (Å²) in [5.41, 5.74) is -1.26. The zero-order chi connectivity index (χ0) is 21.3. The second-order valence-corrected chi connectivity index (χ2v) is 6.74. The van der Waals surface area contributed by atoms with E-state index in [9.17, 15) is 24.3 Å². The van der Waals surface area contributed by atoms with E-state index in [2.05, 4.69) is 15.5 Å². The number of aromatic amines is 1. The Bertz CT molecular complexity index is 721. The molecule has 0 fully saturated rings. The number of aliphatic hydroxyl groups is 1. The fraction of sp³-hybridized carbons (Fsp3) is 0.588. The molecule has 1 aromatic rings. The monoisotopic (exact) mass is 398 g/mol. The number of nitrogens with zero attached hydrogens (tertiary/aromatic N) is 2. The Labute approximate surface area is 162 Å². The van der Waals surface area contributed by atoms with Crippen LogP contribution >= 0.6 is 0 Å². The van der Waals surface area contributed by atoms with E-state index >= 15 is 0 Å². The van der Waals surface area contributed by atoms with Gasteiger partial charge in [0.05, 0.1) is 12.3 Å². The third kappa shape index (κ3) is 8.16. The summed E-state index contributed by atoms with van der Waals surface area (Å²) in [4.78, 5) is 48.1. The van der Waals surface area contributed by atoms with E-state index in [1.807, 2.05) is 0 Å². The molecule has 0 saturated heterocycles. The number of aromatic nitrogens is 2. The molecule has 0 radical (unpaired) electrons. The van der Waals surface area contributed by atoms with E-state index in [0.717, 1.165) is 11.0 Å². The zero-order valence-electron chi connectivity index (χ0n) is 16.4. The number of amides is 2. The Morgan fingerprint density at radius 1 is 1.32 bits per heavy atom. The highest BCUT2D eigenvalue weighted by molar-refractivity contribution is 5.85. The molecular weight excluding hydrogens is 372 g/mol. The molecule has 28 heavy (non-hydrogen) atoms. The molecule has 0 spiro atoms. The molecule has 1 rings (SSSR count). The Kier molecular flexibility index (Phi) is 8.58. The molecule has 1 atom stereocenters. The van der Waals surface area contributed by atoms with Gasteiger partial charge in [-0.2, -0.15) is 5.10 Å². The summed E-state index contributed by atoms with van der Waals surface area (Å²) >= 11 is 0. The second kappa shape index (κ2) is 10.4. The standard InChI is InChI=1S/C17H26N4O7/c1-5-27-13(23)10-21(9-8-18-16(26)28-17(2,3)4)15(25)14(24)11-6-7-12(22)20-19-11/h6-7,14,24H,5,8-10H2,1-4H3,(H,18,26)(H,20,22). The number of carbonyl (C=O) groups is 3. The number of aliphatic hydroxyl groups excluding tert-OH is 1. The first-order valence-corrected chi connectivity index (χ1v) is 8.68. The van der Waals surface area contributed by atoms with Crippen molar-refractivity contribution in [1.29, 1.82) is 0 Å². The summed E-state index contributed by atoms with van der Waals surface area (Å²) in [6, 6.07) is 2.31. The number of hydrogen-bond donors (Lipinski definition) is 3. The van der Waals surface area contributed by atoms with Crippen LogP contribution in [0.5, 0.6) is 0 Å². The van der Waals surface area contributed by atoms with Crippen molar-refractivity contribution >= 4 is 18.0 Å². The Morgan fingerprint density at radius 3 is 2.54 bits per heavy atom. The fourth-order valence-corrected chi connectivity index (χ4v) is 2.04. The Balaban J connectivity index is 2.78. The largest absolute Gasteiger partial charge is 0.465 e. The van der Waals surface area contributed by atoms with Crippen LogP contribution in [0.4, 0.5) is 4.79 Å². The fourth-order valence-electron chi connectivity index (χ4n) is 2.04. The zero-order valence-corrected chi connectivity index (χ0v) is 16.4. The van der Waals surface area contributed by atoms with Gasteiger partial charge in [0, 0.05) is 19.2 Å². The van der Waals surface area contributed by atoms with Gasteiger partial charge in [-0.3, -0.25) is 14.4 Å². The van der Waals surface area contributed by atoms with Gasteiger partial charge in [0.25, 0.3) is 11.5 Å². The van der Waals surface area contributed by atoms with Crippen molar-refractivity contribution < 1.29 is 29.0 Å². The maximum atomic E-state index is 12.6. The molecule has 2 amide bonds. The smallest absolute Gasteiger partial charge is 0.407 e.